The van der Waals surface area contributed by atoms with Crippen LogP contribution >= 0.6 is 11.3 Å². The van der Waals surface area contributed by atoms with Crippen LogP contribution in [0.5, 0.6) is 5.75 Å². The van der Waals surface area contributed by atoms with Gasteiger partial charge in [-0.25, -0.2) is 0 Å². The van der Waals surface area contributed by atoms with Crippen molar-refractivity contribution in [3.05, 3.63) is 64.5 Å². The second-order valence-corrected chi connectivity index (χ2v) is 10.5. The predicted octanol–water partition coefficient (Wildman–Crippen LogP) is 5.83. The Morgan fingerprint density at radius 3 is 2.59 bits per heavy atom. The summed E-state index contributed by atoms with van der Waals surface area (Å²) in [6.45, 7) is 9.15. The zero-order valence-electron chi connectivity index (χ0n) is 20.6. The lowest BCUT2D eigenvalue weighted by Crippen LogP contribution is -2.34. The Hall–Kier alpha value is -2.64. The number of nitrogens with one attached hydrogen (secondary N) is 1. The molecule has 1 aromatic carbocycles. The second kappa shape index (κ2) is 12.7. The number of carbonyl (C=O) groups excluding carboxylic acids is 1. The minimum absolute atomic E-state index is 0.0204. The van der Waals surface area contributed by atoms with E-state index in [-0.39, 0.29) is 18.6 Å². The number of thiophene rings is 1. The summed E-state index contributed by atoms with van der Waals surface area (Å²) in [5, 5.41) is 18.5. The third-order valence-electron chi connectivity index (χ3n) is 6.34. The van der Waals surface area contributed by atoms with Crippen LogP contribution in [-0.2, 0) is 11.3 Å². The highest BCUT2D eigenvalue weighted by Crippen LogP contribution is 2.33. The van der Waals surface area contributed by atoms with Crippen molar-refractivity contribution in [2.75, 3.05) is 11.5 Å². The zero-order chi connectivity index (χ0) is 24.5. The Balaban J connectivity index is 0.000000248. The summed E-state index contributed by atoms with van der Waals surface area (Å²) in [5.41, 5.74) is 1.15. The van der Waals surface area contributed by atoms with Crippen molar-refractivity contribution in [1.29, 1.82) is 0 Å². The van der Waals surface area contributed by atoms with Gasteiger partial charge in [-0.15, -0.1) is 11.3 Å². The molecule has 1 aliphatic rings. The van der Waals surface area contributed by atoms with Gasteiger partial charge in [-0.3, -0.25) is 14.8 Å². The molecule has 1 fully saturated rings. The molecule has 3 aromatic rings. The number of aromatic amines is 1. The predicted molar refractivity (Wildman–Crippen MR) is 138 cm³/mol. The van der Waals surface area contributed by atoms with E-state index in [1.165, 1.54) is 12.8 Å². The van der Waals surface area contributed by atoms with Crippen molar-refractivity contribution < 1.29 is 14.6 Å². The lowest BCUT2D eigenvalue weighted by Gasteiger charge is -2.33. The minimum Gasteiger partial charge on any atom is -0.484 e. The highest BCUT2D eigenvalue weighted by atomic mass is 32.1. The highest BCUT2D eigenvalue weighted by Gasteiger charge is 2.28. The van der Waals surface area contributed by atoms with Gasteiger partial charge < -0.3 is 9.84 Å². The zero-order valence-corrected chi connectivity index (χ0v) is 21.4. The van der Waals surface area contributed by atoms with Crippen molar-refractivity contribution in [2.24, 2.45) is 17.8 Å². The van der Waals surface area contributed by atoms with Crippen LogP contribution in [0.25, 0.3) is 0 Å². The van der Waals surface area contributed by atoms with E-state index in [0.717, 1.165) is 22.8 Å². The average Bonchev–Trinajstić information content (AvgIpc) is 3.51. The fraction of sp³-hybridized carbons (Fsp3) is 0.481. The largest absolute Gasteiger partial charge is 0.484 e. The number of rotatable bonds is 7. The molecule has 0 aliphatic heterocycles. The maximum Gasteiger partial charge on any atom is 0.266 e. The average molecular weight is 484 g/mol. The number of ether oxygens (including phenoxy) is 1. The van der Waals surface area contributed by atoms with Crippen LogP contribution in [-0.4, -0.2) is 33.9 Å². The summed E-state index contributed by atoms with van der Waals surface area (Å²) < 4.78 is 5.60. The van der Waals surface area contributed by atoms with E-state index in [2.05, 4.69) is 31.0 Å². The first-order valence-corrected chi connectivity index (χ1v) is 12.9. The number of anilines is 1. The quantitative estimate of drug-likeness (QED) is 0.443. The van der Waals surface area contributed by atoms with Crippen molar-refractivity contribution in [1.82, 2.24) is 10.2 Å². The van der Waals surface area contributed by atoms with Gasteiger partial charge in [-0.2, -0.15) is 5.10 Å². The summed E-state index contributed by atoms with van der Waals surface area (Å²) in [6, 6.07) is 13.4. The van der Waals surface area contributed by atoms with E-state index < -0.39 is 0 Å². The normalized spacial score (nSPS) is 19.9. The summed E-state index contributed by atoms with van der Waals surface area (Å²) in [6.07, 6.45) is 5.15. The molecule has 184 valence electrons. The number of hydrogen-bond donors (Lipinski definition) is 2. The van der Waals surface area contributed by atoms with E-state index in [4.69, 9.17) is 4.74 Å². The number of amides is 1. The Morgan fingerprint density at radius 2 is 2.00 bits per heavy atom. The van der Waals surface area contributed by atoms with Crippen LogP contribution in [0.3, 0.4) is 0 Å². The van der Waals surface area contributed by atoms with E-state index >= 15 is 0 Å². The smallest absolute Gasteiger partial charge is 0.266 e. The summed E-state index contributed by atoms with van der Waals surface area (Å²) >= 11 is 1.61. The molecular weight excluding hydrogens is 446 g/mol. The summed E-state index contributed by atoms with van der Waals surface area (Å²) in [7, 11) is 0. The topological polar surface area (TPSA) is 78.5 Å². The van der Waals surface area contributed by atoms with Crippen LogP contribution in [0, 0.1) is 24.7 Å². The van der Waals surface area contributed by atoms with Crippen molar-refractivity contribution >= 4 is 23.1 Å². The third kappa shape index (κ3) is 7.71. The lowest BCUT2D eigenvalue weighted by molar-refractivity contribution is -0.120. The molecule has 7 heteroatoms. The first-order valence-electron chi connectivity index (χ1n) is 12.0. The molecule has 4 rings (SSSR count). The fourth-order valence-corrected chi connectivity index (χ4v) is 4.97. The van der Waals surface area contributed by atoms with E-state index in [0.29, 0.717) is 29.9 Å². The van der Waals surface area contributed by atoms with Crippen LogP contribution in [0.1, 0.15) is 50.5 Å². The molecule has 0 spiro atoms. The van der Waals surface area contributed by atoms with E-state index in [9.17, 15) is 9.90 Å². The summed E-state index contributed by atoms with van der Waals surface area (Å²) in [5.74, 6) is 3.17. The lowest BCUT2D eigenvalue weighted by atomic mass is 9.75. The molecule has 1 saturated carbocycles. The maximum atomic E-state index is 12.6. The minimum atomic E-state index is -0.122. The van der Waals surface area contributed by atoms with Crippen molar-refractivity contribution in [3.63, 3.8) is 0 Å². The Morgan fingerprint density at radius 1 is 1.24 bits per heavy atom. The molecule has 2 heterocycles. The van der Waals surface area contributed by atoms with E-state index in [1.54, 1.807) is 28.5 Å². The van der Waals surface area contributed by atoms with Gasteiger partial charge in [0.05, 0.1) is 18.8 Å². The Labute approximate surface area is 207 Å². The molecule has 6 nitrogen and oxygen atoms in total. The van der Waals surface area contributed by atoms with E-state index in [1.807, 2.05) is 48.7 Å². The number of benzene rings is 1. The second-order valence-electron chi connectivity index (χ2n) is 9.50. The maximum absolute atomic E-state index is 12.6. The molecule has 1 amide bonds. The highest BCUT2D eigenvalue weighted by molar-refractivity contribution is 7.09. The molecule has 0 radical (unpaired) electrons. The van der Waals surface area contributed by atoms with Gasteiger partial charge in [0.2, 0.25) is 0 Å². The van der Waals surface area contributed by atoms with Crippen LogP contribution in [0.2, 0.25) is 0 Å². The molecule has 0 bridgehead atoms. The molecule has 1 aliphatic carbocycles. The summed E-state index contributed by atoms with van der Waals surface area (Å²) in [4.78, 5) is 15.3. The first kappa shape index (κ1) is 26.0. The van der Waals surface area contributed by atoms with Gasteiger partial charge in [-0.05, 0) is 61.1 Å². The number of hydrogen-bond acceptors (Lipinski definition) is 5. The number of aliphatic hydroxyl groups is 1. The number of H-pyrrole nitrogens is 1. The van der Waals surface area contributed by atoms with Gasteiger partial charge in [0.15, 0.2) is 6.61 Å². The van der Waals surface area contributed by atoms with Gasteiger partial charge in [-0.1, -0.05) is 51.0 Å². The van der Waals surface area contributed by atoms with Crippen LogP contribution < -0.4 is 9.64 Å². The number of aromatic nitrogens is 2. The van der Waals surface area contributed by atoms with Gasteiger partial charge in [0.25, 0.3) is 5.91 Å². The van der Waals surface area contributed by atoms with Gasteiger partial charge in [0, 0.05) is 10.9 Å². The SMILES string of the molecule is CC(C)[C@@H]1CC[C@@H](C)C[C@H]1O.Cc1ccc(OCC(=O)N(Cc2cccs2)c2ccn[nH]2)cc1. The number of aliphatic hydroxyl groups excluding tert-OH is 1. The van der Waals surface area contributed by atoms with Crippen LogP contribution in [0.15, 0.2) is 54.0 Å². The third-order valence-corrected chi connectivity index (χ3v) is 7.20. The Bertz CT molecular complexity index is 971. The molecular formula is C27H37N3O3S. The number of nitrogens with zero attached hydrogens (tertiary/aromatic N) is 2. The first-order chi connectivity index (χ1) is 16.3. The van der Waals surface area contributed by atoms with Crippen molar-refractivity contribution in [2.45, 2.75) is 59.6 Å². The molecule has 2 aromatic heterocycles. The molecule has 34 heavy (non-hydrogen) atoms. The molecule has 2 N–H and O–H groups in total. The van der Waals surface area contributed by atoms with Crippen molar-refractivity contribution in [3.8, 4) is 5.75 Å². The fourth-order valence-electron chi connectivity index (χ4n) is 4.27. The van der Waals surface area contributed by atoms with Gasteiger partial charge in [0.1, 0.15) is 11.6 Å². The van der Waals surface area contributed by atoms with Crippen LogP contribution in [0.4, 0.5) is 5.82 Å². The van der Waals surface area contributed by atoms with Gasteiger partial charge >= 0.3 is 0 Å². The standard InChI is InChI=1S/C17H17N3O2S.C10H20O/c1-13-4-6-14(7-5-13)22-12-17(21)20(16-8-9-18-19-16)11-15-3-2-10-23-15;1-7(2)9-5-4-8(3)6-10(9)11/h2-10H,11-12H2,1H3,(H,18,19);7-11H,4-6H2,1-3H3/t;8-,9+,10-/m.1/s1. The number of carbonyl (C=O) groups is 1. The molecule has 0 unspecified atom stereocenters. The monoisotopic (exact) mass is 483 g/mol. The molecule has 0 saturated heterocycles. The Kier molecular flexibility index (Phi) is 9.72. The molecule has 3 atom stereocenters. The number of aryl methyl sites for hydroxylation is 1.